The Morgan fingerprint density at radius 3 is 2.25 bits per heavy atom. The summed E-state index contributed by atoms with van der Waals surface area (Å²) in [5, 5.41) is 2.14. The standard InChI is InChI=1S/C12H20OSSi2/c1-15(2,12-8-7-9-14-12)10-5-6-11-16(3,4)13/h5-11,13H,1-4H3/b10-5+,11-6+. The number of thiophene rings is 1. The zero-order chi connectivity index (χ0) is 12.2. The molecule has 0 aliphatic heterocycles. The van der Waals surface area contributed by atoms with Gasteiger partial charge in [-0.3, -0.25) is 0 Å². The van der Waals surface area contributed by atoms with E-state index in [4.69, 9.17) is 0 Å². The van der Waals surface area contributed by atoms with Crippen molar-refractivity contribution in [2.24, 2.45) is 0 Å². The summed E-state index contributed by atoms with van der Waals surface area (Å²) in [6.07, 6.45) is 4.09. The average molecular weight is 269 g/mol. The summed E-state index contributed by atoms with van der Waals surface area (Å²) in [4.78, 5) is 9.66. The summed E-state index contributed by atoms with van der Waals surface area (Å²) in [5.74, 6) is 0. The summed E-state index contributed by atoms with van der Waals surface area (Å²) in [6.45, 7) is 8.51. The molecule has 0 atom stereocenters. The third kappa shape index (κ3) is 4.61. The van der Waals surface area contributed by atoms with Gasteiger partial charge in [-0.05, 0) is 23.0 Å². The molecule has 1 aromatic heterocycles. The van der Waals surface area contributed by atoms with E-state index in [1.807, 2.05) is 36.2 Å². The van der Waals surface area contributed by atoms with Crippen LogP contribution in [0.25, 0.3) is 0 Å². The van der Waals surface area contributed by atoms with Gasteiger partial charge >= 0.3 is 0 Å². The Labute approximate surface area is 104 Å². The molecule has 88 valence electrons. The monoisotopic (exact) mass is 268 g/mol. The lowest BCUT2D eigenvalue weighted by Crippen LogP contribution is -2.37. The van der Waals surface area contributed by atoms with Gasteiger partial charge in [-0.2, -0.15) is 11.3 Å². The molecule has 1 rings (SSSR count). The van der Waals surface area contributed by atoms with E-state index in [0.29, 0.717) is 0 Å². The number of rotatable bonds is 4. The lowest BCUT2D eigenvalue weighted by atomic mass is 10.6. The number of hydrogen-bond donors (Lipinski definition) is 1. The van der Waals surface area contributed by atoms with Gasteiger partial charge in [-0.25, -0.2) is 0 Å². The fourth-order valence-electron chi connectivity index (χ4n) is 1.31. The van der Waals surface area contributed by atoms with Crippen LogP contribution in [-0.2, 0) is 0 Å². The van der Waals surface area contributed by atoms with Crippen LogP contribution in [0, 0.1) is 0 Å². The first-order valence-corrected chi connectivity index (χ1v) is 12.4. The molecule has 1 aromatic rings. The lowest BCUT2D eigenvalue weighted by molar-refractivity contribution is 0.567. The average Bonchev–Trinajstić information content (AvgIpc) is 2.64. The third-order valence-electron chi connectivity index (χ3n) is 2.28. The minimum atomic E-state index is -2.03. The van der Waals surface area contributed by atoms with Crippen molar-refractivity contribution < 1.29 is 4.80 Å². The van der Waals surface area contributed by atoms with E-state index in [1.54, 1.807) is 0 Å². The molecule has 1 nitrogen and oxygen atoms in total. The molecule has 0 bridgehead atoms. The first-order valence-electron chi connectivity index (χ1n) is 5.45. The largest absolute Gasteiger partial charge is 0.428 e. The smallest absolute Gasteiger partial charge is 0.206 e. The Morgan fingerprint density at radius 1 is 1.12 bits per heavy atom. The van der Waals surface area contributed by atoms with Crippen LogP contribution in [0.1, 0.15) is 0 Å². The summed E-state index contributed by atoms with van der Waals surface area (Å²) in [7, 11) is -3.44. The maximum atomic E-state index is 9.66. The van der Waals surface area contributed by atoms with Crippen LogP contribution in [0.4, 0.5) is 0 Å². The second kappa shape index (κ2) is 5.27. The van der Waals surface area contributed by atoms with Crippen LogP contribution in [0.15, 0.2) is 41.1 Å². The Bertz CT molecular complexity index is 372. The molecule has 0 fully saturated rings. The molecule has 1 N–H and O–H groups in total. The van der Waals surface area contributed by atoms with E-state index < -0.39 is 16.4 Å². The molecule has 0 amide bonds. The van der Waals surface area contributed by atoms with Gasteiger partial charge in [-0.1, -0.05) is 48.8 Å². The van der Waals surface area contributed by atoms with Crippen molar-refractivity contribution in [3.8, 4) is 0 Å². The Balaban J connectivity index is 2.67. The van der Waals surface area contributed by atoms with Crippen molar-refractivity contribution in [1.29, 1.82) is 0 Å². The maximum Gasteiger partial charge on any atom is 0.206 e. The topological polar surface area (TPSA) is 20.2 Å². The molecule has 1 heterocycles. The quantitative estimate of drug-likeness (QED) is 0.657. The highest BCUT2D eigenvalue weighted by molar-refractivity contribution is 7.26. The second-order valence-electron chi connectivity index (χ2n) is 5.07. The molecular weight excluding hydrogens is 248 g/mol. The van der Waals surface area contributed by atoms with E-state index >= 15 is 0 Å². The second-order valence-corrected chi connectivity index (χ2v) is 14.3. The molecule has 16 heavy (non-hydrogen) atoms. The van der Waals surface area contributed by atoms with E-state index in [2.05, 4.69) is 42.4 Å². The van der Waals surface area contributed by atoms with Gasteiger partial charge < -0.3 is 4.80 Å². The Morgan fingerprint density at radius 2 is 1.75 bits per heavy atom. The van der Waals surface area contributed by atoms with Crippen molar-refractivity contribution >= 4 is 32.2 Å². The van der Waals surface area contributed by atoms with Crippen molar-refractivity contribution in [2.75, 3.05) is 0 Å². The molecule has 0 radical (unpaired) electrons. The molecule has 0 unspecified atom stereocenters. The molecule has 0 saturated carbocycles. The van der Waals surface area contributed by atoms with Gasteiger partial charge in [0.2, 0.25) is 8.32 Å². The molecule has 0 spiro atoms. The highest BCUT2D eigenvalue weighted by Crippen LogP contribution is 2.09. The Hall–Kier alpha value is -0.426. The van der Waals surface area contributed by atoms with E-state index in [1.165, 1.54) is 4.50 Å². The SMILES string of the molecule is C[Si](C)(O)/C=C/C=C/[Si](C)(C)c1cccs1. The fourth-order valence-corrected chi connectivity index (χ4v) is 5.26. The fraction of sp³-hybridized carbons (Fsp3) is 0.333. The predicted molar refractivity (Wildman–Crippen MR) is 79.4 cm³/mol. The number of allylic oxidation sites excluding steroid dienone is 2. The van der Waals surface area contributed by atoms with Gasteiger partial charge in [-0.15, -0.1) is 0 Å². The van der Waals surface area contributed by atoms with Crippen LogP contribution in [-0.4, -0.2) is 21.2 Å². The first-order chi connectivity index (χ1) is 7.31. The van der Waals surface area contributed by atoms with Crippen LogP contribution in [0.3, 0.4) is 0 Å². The van der Waals surface area contributed by atoms with Gasteiger partial charge in [0, 0.05) is 0 Å². The lowest BCUT2D eigenvalue weighted by Gasteiger charge is -2.14. The van der Waals surface area contributed by atoms with Gasteiger partial charge in [0.15, 0.2) is 0 Å². The van der Waals surface area contributed by atoms with E-state index in [0.717, 1.165) is 0 Å². The van der Waals surface area contributed by atoms with E-state index in [9.17, 15) is 4.80 Å². The van der Waals surface area contributed by atoms with E-state index in [-0.39, 0.29) is 0 Å². The normalized spacial score (nSPS) is 14.1. The molecule has 0 aliphatic rings. The van der Waals surface area contributed by atoms with Crippen LogP contribution in [0.5, 0.6) is 0 Å². The summed E-state index contributed by atoms with van der Waals surface area (Å²) in [5.41, 5.74) is 4.26. The highest BCUT2D eigenvalue weighted by Gasteiger charge is 2.20. The van der Waals surface area contributed by atoms with Crippen LogP contribution in [0.2, 0.25) is 26.2 Å². The van der Waals surface area contributed by atoms with Crippen LogP contribution >= 0.6 is 11.3 Å². The predicted octanol–water partition coefficient (Wildman–Crippen LogP) is 3.05. The van der Waals surface area contributed by atoms with Crippen LogP contribution < -0.4 is 4.50 Å². The molecule has 0 saturated heterocycles. The summed E-state index contributed by atoms with van der Waals surface area (Å²) in [6, 6.07) is 4.33. The molecular formula is C12H20OSSi2. The van der Waals surface area contributed by atoms with Crippen molar-refractivity contribution in [3.63, 3.8) is 0 Å². The molecule has 0 aliphatic carbocycles. The van der Waals surface area contributed by atoms with Crippen molar-refractivity contribution in [3.05, 3.63) is 41.1 Å². The summed E-state index contributed by atoms with van der Waals surface area (Å²) < 4.78 is 1.50. The van der Waals surface area contributed by atoms with Crippen molar-refractivity contribution in [2.45, 2.75) is 26.2 Å². The van der Waals surface area contributed by atoms with Gasteiger partial charge in [0.05, 0.1) is 0 Å². The zero-order valence-electron chi connectivity index (χ0n) is 10.4. The summed E-state index contributed by atoms with van der Waals surface area (Å²) >= 11 is 1.84. The molecule has 4 heteroatoms. The first kappa shape index (κ1) is 13.6. The minimum Gasteiger partial charge on any atom is -0.428 e. The number of hydrogen-bond acceptors (Lipinski definition) is 2. The Kier molecular flexibility index (Phi) is 4.49. The highest BCUT2D eigenvalue weighted by atomic mass is 32.1. The maximum absolute atomic E-state index is 9.66. The van der Waals surface area contributed by atoms with Gasteiger partial charge in [0.25, 0.3) is 0 Å². The van der Waals surface area contributed by atoms with Gasteiger partial charge in [0.1, 0.15) is 8.07 Å². The van der Waals surface area contributed by atoms with Crippen molar-refractivity contribution in [1.82, 2.24) is 0 Å². The third-order valence-corrected chi connectivity index (χ3v) is 8.37. The zero-order valence-corrected chi connectivity index (χ0v) is 13.2. The molecule has 0 aromatic carbocycles. The minimum absolute atomic E-state index is 1.40.